The van der Waals surface area contributed by atoms with Crippen LogP contribution in [0, 0.1) is 0 Å². The first kappa shape index (κ1) is 21.0. The van der Waals surface area contributed by atoms with Crippen LogP contribution in [-0.4, -0.2) is 78.3 Å². The van der Waals surface area contributed by atoms with Crippen LogP contribution in [0.15, 0.2) is 30.5 Å². The molecule has 168 valence electrons. The molecule has 1 spiro atoms. The summed E-state index contributed by atoms with van der Waals surface area (Å²) in [5.74, 6) is 0.159. The largest absolute Gasteiger partial charge is 0.382 e. The third-order valence-electron chi connectivity index (χ3n) is 7.85. The third-order valence-corrected chi connectivity index (χ3v) is 7.85. The van der Waals surface area contributed by atoms with Crippen molar-refractivity contribution in [2.45, 2.75) is 62.6 Å². The zero-order valence-electron chi connectivity index (χ0n) is 18.6. The number of aromatic nitrogens is 1. The van der Waals surface area contributed by atoms with Crippen LogP contribution in [0.2, 0.25) is 0 Å². The molecule has 6 heteroatoms. The molecule has 31 heavy (non-hydrogen) atoms. The molecule has 2 saturated heterocycles. The number of hydrogen-bond donors (Lipinski definition) is 1. The van der Waals surface area contributed by atoms with Gasteiger partial charge in [0.2, 0.25) is 0 Å². The van der Waals surface area contributed by atoms with Crippen LogP contribution in [0.4, 0.5) is 0 Å². The Morgan fingerprint density at radius 2 is 1.94 bits per heavy atom. The van der Waals surface area contributed by atoms with E-state index < -0.39 is 0 Å². The van der Waals surface area contributed by atoms with Crippen molar-refractivity contribution in [3.05, 3.63) is 36.0 Å². The maximum absolute atomic E-state index is 13.1. The Morgan fingerprint density at radius 3 is 2.71 bits per heavy atom. The molecule has 1 amide bonds. The Bertz CT molecular complexity index is 896. The number of benzene rings is 1. The summed E-state index contributed by atoms with van der Waals surface area (Å²) in [5.41, 5.74) is 2.04. The van der Waals surface area contributed by atoms with Crippen molar-refractivity contribution >= 4 is 16.8 Å². The maximum Gasteiger partial charge on any atom is 0.253 e. The summed E-state index contributed by atoms with van der Waals surface area (Å²) in [6.07, 6.45) is 10.8. The minimum atomic E-state index is 0.159. The zero-order chi connectivity index (χ0) is 21.3. The fourth-order valence-corrected chi connectivity index (χ4v) is 6.11. The van der Waals surface area contributed by atoms with Crippen molar-refractivity contribution in [1.29, 1.82) is 0 Å². The lowest BCUT2D eigenvalue weighted by Crippen LogP contribution is -2.75. The monoisotopic (exact) mass is 425 g/mol. The summed E-state index contributed by atoms with van der Waals surface area (Å²) in [7, 11) is 1.73. The van der Waals surface area contributed by atoms with Crippen LogP contribution in [0.5, 0.6) is 0 Å². The van der Waals surface area contributed by atoms with E-state index in [1.165, 1.54) is 32.1 Å². The standard InChI is InChI=1S/C25H35N3O3/c1-30-15-16-31-23-18-28(25(23)10-3-2-4-11-25)21-8-13-27(14-9-21)24(29)20-6-5-19-7-12-26-22(19)17-20/h5-7,12,17,21,23,26H,2-4,8-11,13-16,18H2,1H3/t23-/m0/s1. The number of piperidine rings is 1. The lowest BCUT2D eigenvalue weighted by atomic mass is 9.69. The first-order valence-corrected chi connectivity index (χ1v) is 11.9. The SMILES string of the molecule is COCCO[C@H]1CN(C2CCN(C(=O)c3ccc4cc[nH]c4c3)CC2)C12CCCCC2. The van der Waals surface area contributed by atoms with Crippen molar-refractivity contribution in [3.8, 4) is 0 Å². The second kappa shape index (κ2) is 8.93. The number of nitrogens with one attached hydrogen (secondary N) is 1. The molecular formula is C25H35N3O3. The van der Waals surface area contributed by atoms with Crippen LogP contribution in [0.1, 0.15) is 55.3 Å². The normalized spacial score (nSPS) is 24.5. The Labute approximate surface area is 184 Å². The van der Waals surface area contributed by atoms with Crippen molar-refractivity contribution in [1.82, 2.24) is 14.8 Å². The van der Waals surface area contributed by atoms with Gasteiger partial charge in [-0.3, -0.25) is 9.69 Å². The number of aromatic amines is 1. The molecule has 0 unspecified atom stereocenters. The highest BCUT2D eigenvalue weighted by Crippen LogP contribution is 2.47. The number of rotatable bonds is 6. The van der Waals surface area contributed by atoms with Crippen molar-refractivity contribution in [2.75, 3.05) is 40.0 Å². The van der Waals surface area contributed by atoms with E-state index in [-0.39, 0.29) is 11.4 Å². The molecule has 2 aromatic rings. The van der Waals surface area contributed by atoms with Crippen LogP contribution in [-0.2, 0) is 9.47 Å². The fraction of sp³-hybridized carbons (Fsp3) is 0.640. The molecular weight excluding hydrogens is 390 g/mol. The highest BCUT2D eigenvalue weighted by atomic mass is 16.5. The highest BCUT2D eigenvalue weighted by molar-refractivity contribution is 5.98. The molecule has 1 aromatic carbocycles. The van der Waals surface area contributed by atoms with Gasteiger partial charge in [0.1, 0.15) is 0 Å². The number of H-pyrrole nitrogens is 1. The molecule has 2 aliphatic heterocycles. The van der Waals surface area contributed by atoms with Gasteiger partial charge in [-0.15, -0.1) is 0 Å². The van der Waals surface area contributed by atoms with E-state index in [4.69, 9.17) is 9.47 Å². The molecule has 3 aliphatic rings. The predicted octanol–water partition coefficient (Wildman–Crippen LogP) is 3.82. The maximum atomic E-state index is 13.1. The molecule has 1 atom stereocenters. The van der Waals surface area contributed by atoms with E-state index in [1.54, 1.807) is 7.11 Å². The van der Waals surface area contributed by atoms with Gasteiger partial charge in [-0.05, 0) is 49.3 Å². The summed E-state index contributed by atoms with van der Waals surface area (Å²) in [5, 5.41) is 1.15. The Hall–Kier alpha value is -1.89. The van der Waals surface area contributed by atoms with E-state index in [0.717, 1.165) is 48.9 Å². The van der Waals surface area contributed by atoms with Gasteiger partial charge in [-0.25, -0.2) is 0 Å². The second-order valence-corrected chi connectivity index (χ2v) is 9.47. The van der Waals surface area contributed by atoms with Gasteiger partial charge in [0.25, 0.3) is 5.91 Å². The molecule has 3 fully saturated rings. The first-order valence-electron chi connectivity index (χ1n) is 11.9. The van der Waals surface area contributed by atoms with Crippen LogP contribution >= 0.6 is 0 Å². The number of likely N-dealkylation sites (tertiary alicyclic amines) is 2. The molecule has 1 aliphatic carbocycles. The molecule has 0 radical (unpaired) electrons. The lowest BCUT2D eigenvalue weighted by molar-refractivity contribution is -0.203. The quantitative estimate of drug-likeness (QED) is 0.715. The summed E-state index contributed by atoms with van der Waals surface area (Å²) in [6.45, 7) is 4.07. The fourth-order valence-electron chi connectivity index (χ4n) is 6.11. The van der Waals surface area contributed by atoms with Gasteiger partial charge in [0.05, 0.1) is 19.3 Å². The van der Waals surface area contributed by atoms with Crippen molar-refractivity contribution in [2.24, 2.45) is 0 Å². The number of amides is 1. The Balaban J connectivity index is 1.21. The highest BCUT2D eigenvalue weighted by Gasteiger charge is 2.56. The Morgan fingerprint density at radius 1 is 1.13 bits per heavy atom. The molecule has 6 nitrogen and oxygen atoms in total. The Kier molecular flexibility index (Phi) is 6.04. The molecule has 0 bridgehead atoms. The van der Waals surface area contributed by atoms with Gasteiger partial charge in [0.15, 0.2) is 0 Å². The molecule has 1 saturated carbocycles. The van der Waals surface area contributed by atoms with Gasteiger partial charge < -0.3 is 19.4 Å². The topological polar surface area (TPSA) is 57.8 Å². The smallest absolute Gasteiger partial charge is 0.253 e. The first-order chi connectivity index (χ1) is 15.2. The van der Waals surface area contributed by atoms with E-state index in [2.05, 4.69) is 9.88 Å². The number of carbonyl (C=O) groups excluding carboxylic acids is 1. The van der Waals surface area contributed by atoms with Crippen molar-refractivity contribution < 1.29 is 14.3 Å². The van der Waals surface area contributed by atoms with E-state index >= 15 is 0 Å². The minimum absolute atomic E-state index is 0.159. The average Bonchev–Trinajstić information content (AvgIpc) is 3.29. The minimum Gasteiger partial charge on any atom is -0.382 e. The molecule has 3 heterocycles. The van der Waals surface area contributed by atoms with E-state index in [1.807, 2.05) is 35.4 Å². The van der Waals surface area contributed by atoms with Gasteiger partial charge >= 0.3 is 0 Å². The predicted molar refractivity (Wildman–Crippen MR) is 121 cm³/mol. The number of carbonyl (C=O) groups is 1. The van der Waals surface area contributed by atoms with Gasteiger partial charge in [-0.1, -0.05) is 25.3 Å². The van der Waals surface area contributed by atoms with E-state index in [0.29, 0.717) is 25.4 Å². The van der Waals surface area contributed by atoms with Crippen LogP contribution in [0.3, 0.4) is 0 Å². The summed E-state index contributed by atoms with van der Waals surface area (Å²) in [6, 6.07) is 8.57. The van der Waals surface area contributed by atoms with Crippen molar-refractivity contribution in [3.63, 3.8) is 0 Å². The van der Waals surface area contributed by atoms with Crippen LogP contribution in [0.25, 0.3) is 10.9 Å². The molecule has 5 rings (SSSR count). The number of nitrogens with zero attached hydrogens (tertiary/aromatic N) is 2. The average molecular weight is 426 g/mol. The lowest BCUT2D eigenvalue weighted by Gasteiger charge is -2.63. The van der Waals surface area contributed by atoms with Gasteiger partial charge in [-0.2, -0.15) is 0 Å². The van der Waals surface area contributed by atoms with Crippen LogP contribution < -0.4 is 0 Å². The summed E-state index contributed by atoms with van der Waals surface area (Å²) >= 11 is 0. The zero-order valence-corrected chi connectivity index (χ0v) is 18.6. The van der Waals surface area contributed by atoms with Gasteiger partial charge in [0, 0.05) is 55.6 Å². The number of ether oxygens (including phenoxy) is 2. The number of methoxy groups -OCH3 is 1. The summed E-state index contributed by atoms with van der Waals surface area (Å²) in [4.78, 5) is 21.1. The second-order valence-electron chi connectivity index (χ2n) is 9.47. The number of fused-ring (bicyclic) bond motifs is 1. The molecule has 1 N–H and O–H groups in total. The number of hydrogen-bond acceptors (Lipinski definition) is 4. The van der Waals surface area contributed by atoms with E-state index in [9.17, 15) is 4.79 Å². The summed E-state index contributed by atoms with van der Waals surface area (Å²) < 4.78 is 11.4. The molecule has 1 aromatic heterocycles. The third kappa shape index (κ3) is 3.90.